The maximum atomic E-state index is 12.2. The van der Waals surface area contributed by atoms with Crippen molar-refractivity contribution in [2.45, 2.75) is 122 Å². The van der Waals surface area contributed by atoms with Crippen LogP contribution in [0, 0.1) is 0 Å². The van der Waals surface area contributed by atoms with Crippen molar-refractivity contribution in [3.8, 4) is 0 Å². The second kappa shape index (κ2) is 26.5. The van der Waals surface area contributed by atoms with E-state index >= 15 is 0 Å². The smallest absolute Gasteiger partial charge is 0.323 e. The van der Waals surface area contributed by atoms with Crippen molar-refractivity contribution in [1.82, 2.24) is 0 Å². The number of primary amides is 1. The van der Waals surface area contributed by atoms with Gasteiger partial charge in [-0.1, -0.05) is 63.3 Å². The van der Waals surface area contributed by atoms with Gasteiger partial charge in [-0.2, -0.15) is 0 Å². The fourth-order valence-electron chi connectivity index (χ4n) is 3.64. The Morgan fingerprint density at radius 2 is 1.32 bits per heavy atom. The third-order valence-electron chi connectivity index (χ3n) is 6.06. The molecule has 230 valence electrons. The summed E-state index contributed by atoms with van der Waals surface area (Å²) in [5, 5.41) is 0. The van der Waals surface area contributed by atoms with E-state index in [0.29, 0.717) is 19.4 Å². The molecule has 0 fully saturated rings. The number of hydrogen-bond acceptors (Lipinski definition) is 9. The van der Waals surface area contributed by atoms with E-state index in [1.807, 2.05) is 0 Å². The number of hydrogen-bond donors (Lipinski definition) is 3. The molecule has 0 spiro atoms. The summed E-state index contributed by atoms with van der Waals surface area (Å²) in [6.45, 7) is 1.98. The largest absolute Gasteiger partial charge is 0.462 e. The lowest BCUT2D eigenvalue weighted by molar-refractivity contribution is -0.167. The van der Waals surface area contributed by atoms with Crippen LogP contribution >= 0.6 is 0 Å². The van der Waals surface area contributed by atoms with Gasteiger partial charge in [-0.3, -0.25) is 19.2 Å². The fraction of sp³-hybridized carbons (Fsp3) is 0.733. The third-order valence-corrected chi connectivity index (χ3v) is 6.06. The van der Waals surface area contributed by atoms with Crippen LogP contribution in [0.5, 0.6) is 0 Å². The Hall–Kier alpha value is -2.72. The van der Waals surface area contributed by atoms with Crippen LogP contribution in [-0.2, 0) is 33.4 Å². The van der Waals surface area contributed by atoms with Crippen LogP contribution in [-0.4, -0.2) is 55.7 Å². The molecular formula is C30H53N3O7. The van der Waals surface area contributed by atoms with E-state index in [0.717, 1.165) is 38.5 Å². The van der Waals surface area contributed by atoms with Crippen molar-refractivity contribution in [3.63, 3.8) is 0 Å². The summed E-state index contributed by atoms with van der Waals surface area (Å²) in [5.74, 6) is -2.28. The maximum absolute atomic E-state index is 12.2. The van der Waals surface area contributed by atoms with Crippen LogP contribution in [0.4, 0.5) is 0 Å². The minimum Gasteiger partial charge on any atom is -0.462 e. The minimum absolute atomic E-state index is 0.0393. The lowest BCUT2D eigenvalue weighted by Crippen LogP contribution is -2.37. The lowest BCUT2D eigenvalue weighted by Gasteiger charge is -2.19. The molecule has 6 N–H and O–H groups in total. The van der Waals surface area contributed by atoms with Gasteiger partial charge < -0.3 is 31.4 Å². The van der Waals surface area contributed by atoms with Gasteiger partial charge in [0.15, 0.2) is 6.10 Å². The SMILES string of the molecule is CCCCC/C=C\C/C=C\CCCCCCCC(=O)OCC(COC(=O)[C@@H](N)CCC(N)=O)OC(=O)CCCN. The van der Waals surface area contributed by atoms with Crippen molar-refractivity contribution in [1.29, 1.82) is 0 Å². The van der Waals surface area contributed by atoms with Gasteiger partial charge in [0.2, 0.25) is 5.91 Å². The number of unbranched alkanes of at least 4 members (excludes halogenated alkanes) is 8. The van der Waals surface area contributed by atoms with Gasteiger partial charge in [-0.25, -0.2) is 0 Å². The van der Waals surface area contributed by atoms with Gasteiger partial charge >= 0.3 is 17.9 Å². The maximum Gasteiger partial charge on any atom is 0.323 e. The highest BCUT2D eigenvalue weighted by molar-refractivity contribution is 5.78. The van der Waals surface area contributed by atoms with Crippen LogP contribution in [0.15, 0.2) is 24.3 Å². The Bertz CT molecular complexity index is 756. The first-order valence-corrected chi connectivity index (χ1v) is 14.9. The highest BCUT2D eigenvalue weighted by atomic mass is 16.6. The van der Waals surface area contributed by atoms with Crippen molar-refractivity contribution in [2.24, 2.45) is 17.2 Å². The first-order valence-electron chi connectivity index (χ1n) is 14.9. The first kappa shape index (κ1) is 37.3. The first-order chi connectivity index (χ1) is 19.3. The van der Waals surface area contributed by atoms with Crippen LogP contribution in [0.1, 0.15) is 110 Å². The summed E-state index contributed by atoms with van der Waals surface area (Å²) in [5.41, 5.74) is 16.2. The molecule has 10 heteroatoms. The molecule has 0 rings (SSSR count). The van der Waals surface area contributed by atoms with Gasteiger partial charge in [0.05, 0.1) is 0 Å². The second-order valence-corrected chi connectivity index (χ2v) is 9.91. The Morgan fingerprint density at radius 1 is 0.725 bits per heavy atom. The molecule has 0 aromatic rings. The predicted molar refractivity (Wildman–Crippen MR) is 156 cm³/mol. The Labute approximate surface area is 240 Å². The molecular weight excluding hydrogens is 514 g/mol. The van der Waals surface area contributed by atoms with Crippen LogP contribution in [0.2, 0.25) is 0 Å². The molecule has 10 nitrogen and oxygen atoms in total. The molecule has 1 amide bonds. The van der Waals surface area contributed by atoms with E-state index in [4.69, 9.17) is 31.4 Å². The summed E-state index contributed by atoms with van der Waals surface area (Å²) in [4.78, 5) is 47.1. The van der Waals surface area contributed by atoms with E-state index < -0.39 is 36.0 Å². The molecule has 0 aromatic heterocycles. The average molecular weight is 568 g/mol. The topological polar surface area (TPSA) is 174 Å². The standard InChI is InChI=1S/C30H53N3O7/c1-2-3-4-5-6-7-8-9-10-11-12-13-14-15-16-18-28(35)38-23-25(40-29(36)19-17-22-31)24-39-30(37)26(32)20-21-27(33)34/h6-7,9-10,25-26H,2-5,8,11-24,31-32H2,1H3,(H2,33,34)/b7-6-,10-9-/t25?,26-/m0/s1. The van der Waals surface area contributed by atoms with Crippen LogP contribution in [0.3, 0.4) is 0 Å². The van der Waals surface area contributed by atoms with E-state index in [9.17, 15) is 19.2 Å². The van der Waals surface area contributed by atoms with Crippen molar-refractivity contribution >= 4 is 23.8 Å². The molecule has 0 saturated carbocycles. The number of ether oxygens (including phenoxy) is 3. The molecule has 0 aliphatic rings. The zero-order valence-corrected chi connectivity index (χ0v) is 24.5. The zero-order chi connectivity index (χ0) is 29.8. The minimum atomic E-state index is -1.04. The fourth-order valence-corrected chi connectivity index (χ4v) is 3.64. The molecule has 0 heterocycles. The number of rotatable bonds is 26. The summed E-state index contributed by atoms with van der Waals surface area (Å²) in [6.07, 6.45) is 20.7. The van der Waals surface area contributed by atoms with Crippen molar-refractivity contribution in [3.05, 3.63) is 24.3 Å². The molecule has 0 saturated heterocycles. The number of esters is 3. The quantitative estimate of drug-likeness (QED) is 0.0601. The highest BCUT2D eigenvalue weighted by Crippen LogP contribution is 2.10. The molecule has 2 atom stereocenters. The molecule has 1 unspecified atom stereocenters. The van der Waals surface area contributed by atoms with Crippen molar-refractivity contribution < 1.29 is 33.4 Å². The summed E-state index contributed by atoms with van der Waals surface area (Å²) in [6, 6.07) is -1.04. The van der Waals surface area contributed by atoms with Gasteiger partial charge in [-0.15, -0.1) is 0 Å². The number of carbonyl (C=O) groups is 4. The van der Waals surface area contributed by atoms with Gasteiger partial charge in [0.25, 0.3) is 0 Å². The number of amides is 1. The summed E-state index contributed by atoms with van der Waals surface area (Å²) < 4.78 is 15.7. The monoisotopic (exact) mass is 567 g/mol. The second-order valence-electron chi connectivity index (χ2n) is 9.91. The Morgan fingerprint density at radius 3 is 1.98 bits per heavy atom. The van der Waals surface area contributed by atoms with Crippen LogP contribution in [0.25, 0.3) is 0 Å². The van der Waals surface area contributed by atoms with E-state index in [1.165, 1.54) is 25.7 Å². The molecule has 0 aliphatic carbocycles. The van der Waals surface area contributed by atoms with Crippen molar-refractivity contribution in [2.75, 3.05) is 19.8 Å². The summed E-state index contributed by atoms with van der Waals surface area (Å²) >= 11 is 0. The van der Waals surface area contributed by atoms with E-state index in [-0.39, 0.29) is 38.9 Å². The number of allylic oxidation sites excluding steroid dienone is 4. The lowest BCUT2D eigenvalue weighted by atomic mass is 10.1. The highest BCUT2D eigenvalue weighted by Gasteiger charge is 2.22. The van der Waals surface area contributed by atoms with Gasteiger partial charge in [-0.05, 0) is 57.9 Å². The Kier molecular flexibility index (Phi) is 24.7. The number of carbonyl (C=O) groups excluding carboxylic acids is 4. The van der Waals surface area contributed by atoms with Gasteiger partial charge in [0.1, 0.15) is 19.3 Å². The van der Waals surface area contributed by atoms with E-state index in [1.54, 1.807) is 0 Å². The van der Waals surface area contributed by atoms with Gasteiger partial charge in [0, 0.05) is 19.3 Å². The van der Waals surface area contributed by atoms with Crippen LogP contribution < -0.4 is 17.2 Å². The molecule has 0 aromatic carbocycles. The molecule has 0 aliphatic heterocycles. The summed E-state index contributed by atoms with van der Waals surface area (Å²) in [7, 11) is 0. The Balaban J connectivity index is 4.17. The molecule has 40 heavy (non-hydrogen) atoms. The molecule has 0 radical (unpaired) electrons. The molecule has 0 bridgehead atoms. The van der Waals surface area contributed by atoms with E-state index in [2.05, 4.69) is 31.2 Å². The number of nitrogens with two attached hydrogens (primary N) is 3. The third kappa shape index (κ3) is 24.3. The zero-order valence-electron chi connectivity index (χ0n) is 24.5. The average Bonchev–Trinajstić information content (AvgIpc) is 2.93. The predicted octanol–water partition coefficient (Wildman–Crippen LogP) is 4.13. The normalized spacial score (nSPS) is 12.9.